The minimum Gasteiger partial charge on any atom is -0.330 e. The highest BCUT2D eigenvalue weighted by Crippen LogP contribution is 2.16. The average Bonchev–Trinajstić information content (AvgIpc) is 2.32. The van der Waals surface area contributed by atoms with E-state index in [4.69, 9.17) is 5.73 Å². The molecule has 1 saturated heterocycles. The van der Waals surface area contributed by atoms with Gasteiger partial charge in [-0.3, -0.25) is 0 Å². The second kappa shape index (κ2) is 6.39. The third kappa shape index (κ3) is 4.10. The lowest BCUT2D eigenvalue weighted by molar-refractivity contribution is 0.210. The van der Waals surface area contributed by atoms with Crippen LogP contribution in [0.4, 0.5) is 0 Å². The Morgan fingerprint density at radius 1 is 1.23 bits per heavy atom. The van der Waals surface area contributed by atoms with Gasteiger partial charge < -0.3 is 10.6 Å². The van der Waals surface area contributed by atoms with Gasteiger partial charge in [0.25, 0.3) is 0 Å². The largest absolute Gasteiger partial charge is 0.330 e. The monoisotopic (exact) mass is 184 g/mol. The van der Waals surface area contributed by atoms with Crippen LogP contribution in [0.1, 0.15) is 45.4 Å². The number of hydrogen-bond donors (Lipinski definition) is 1. The molecule has 13 heavy (non-hydrogen) atoms. The van der Waals surface area contributed by atoms with Crippen molar-refractivity contribution in [2.45, 2.75) is 51.5 Å². The Morgan fingerprint density at radius 3 is 2.85 bits per heavy atom. The van der Waals surface area contributed by atoms with Crippen LogP contribution in [-0.2, 0) is 0 Å². The van der Waals surface area contributed by atoms with E-state index in [2.05, 4.69) is 11.8 Å². The van der Waals surface area contributed by atoms with E-state index < -0.39 is 0 Å². The summed E-state index contributed by atoms with van der Waals surface area (Å²) in [6.07, 6.45) is 8.10. The van der Waals surface area contributed by atoms with Crippen molar-refractivity contribution in [3.05, 3.63) is 0 Å². The van der Waals surface area contributed by atoms with Gasteiger partial charge in [-0.05, 0) is 52.2 Å². The van der Waals surface area contributed by atoms with Crippen LogP contribution in [0.15, 0.2) is 0 Å². The van der Waals surface area contributed by atoms with E-state index in [0.717, 1.165) is 12.6 Å². The lowest BCUT2D eigenvalue weighted by Crippen LogP contribution is -2.33. The second-order valence-corrected chi connectivity index (χ2v) is 4.23. The maximum Gasteiger partial charge on any atom is 0.00669 e. The van der Waals surface area contributed by atoms with Crippen molar-refractivity contribution in [3.8, 4) is 0 Å². The molecule has 2 heteroatoms. The van der Waals surface area contributed by atoms with Crippen LogP contribution >= 0.6 is 0 Å². The van der Waals surface area contributed by atoms with E-state index in [1.807, 2.05) is 0 Å². The van der Waals surface area contributed by atoms with E-state index in [1.54, 1.807) is 0 Å². The summed E-state index contributed by atoms with van der Waals surface area (Å²) in [6.45, 7) is 5.79. The minimum atomic E-state index is 0.806. The van der Waals surface area contributed by atoms with E-state index >= 15 is 0 Å². The highest BCUT2D eigenvalue weighted by atomic mass is 15.1. The topological polar surface area (TPSA) is 29.3 Å². The molecule has 1 aliphatic heterocycles. The SMILES string of the molecule is CC1CCCCCN1CCCCN. The third-order valence-electron chi connectivity index (χ3n) is 3.09. The summed E-state index contributed by atoms with van der Waals surface area (Å²) in [5.41, 5.74) is 5.49. The fourth-order valence-corrected chi connectivity index (χ4v) is 2.13. The van der Waals surface area contributed by atoms with Gasteiger partial charge in [0, 0.05) is 6.04 Å². The van der Waals surface area contributed by atoms with Crippen molar-refractivity contribution < 1.29 is 0 Å². The van der Waals surface area contributed by atoms with Crippen molar-refractivity contribution in [1.29, 1.82) is 0 Å². The van der Waals surface area contributed by atoms with Gasteiger partial charge in [-0.25, -0.2) is 0 Å². The number of unbranched alkanes of at least 4 members (excludes halogenated alkanes) is 1. The molecular weight excluding hydrogens is 160 g/mol. The summed E-state index contributed by atoms with van der Waals surface area (Å²) in [4.78, 5) is 2.64. The predicted molar refractivity (Wildman–Crippen MR) is 57.8 cm³/mol. The highest BCUT2D eigenvalue weighted by molar-refractivity contribution is 4.71. The molecule has 2 N–H and O–H groups in total. The molecule has 1 rings (SSSR count). The van der Waals surface area contributed by atoms with Crippen LogP contribution in [0.25, 0.3) is 0 Å². The van der Waals surface area contributed by atoms with Gasteiger partial charge in [0.05, 0.1) is 0 Å². The highest BCUT2D eigenvalue weighted by Gasteiger charge is 2.15. The maximum atomic E-state index is 5.49. The zero-order valence-corrected chi connectivity index (χ0v) is 8.97. The van der Waals surface area contributed by atoms with Gasteiger partial charge in [0.1, 0.15) is 0 Å². The van der Waals surface area contributed by atoms with Gasteiger partial charge in [-0.15, -0.1) is 0 Å². The summed E-state index contributed by atoms with van der Waals surface area (Å²) < 4.78 is 0. The number of nitrogens with zero attached hydrogens (tertiary/aromatic N) is 1. The van der Waals surface area contributed by atoms with Crippen molar-refractivity contribution in [2.24, 2.45) is 5.73 Å². The van der Waals surface area contributed by atoms with Crippen LogP contribution in [0, 0.1) is 0 Å². The fraction of sp³-hybridized carbons (Fsp3) is 1.00. The van der Waals surface area contributed by atoms with Crippen LogP contribution < -0.4 is 5.73 Å². The Morgan fingerprint density at radius 2 is 2.08 bits per heavy atom. The van der Waals surface area contributed by atoms with Crippen molar-refractivity contribution >= 4 is 0 Å². The molecule has 0 aromatic heterocycles. The molecular formula is C11H24N2. The predicted octanol–water partition coefficient (Wildman–Crippen LogP) is 1.99. The Kier molecular flexibility index (Phi) is 5.40. The standard InChI is InChI=1S/C11H24N2/c1-11-7-3-2-5-9-13(11)10-6-4-8-12/h11H,2-10,12H2,1H3. The van der Waals surface area contributed by atoms with Crippen LogP contribution in [-0.4, -0.2) is 30.6 Å². The van der Waals surface area contributed by atoms with Gasteiger partial charge in [-0.2, -0.15) is 0 Å². The normalized spacial score (nSPS) is 25.8. The number of nitrogens with two attached hydrogens (primary N) is 1. The Balaban J connectivity index is 2.19. The smallest absolute Gasteiger partial charge is 0.00669 e. The van der Waals surface area contributed by atoms with Crippen LogP contribution in [0.2, 0.25) is 0 Å². The van der Waals surface area contributed by atoms with E-state index in [1.165, 1.54) is 51.6 Å². The van der Waals surface area contributed by atoms with E-state index in [-0.39, 0.29) is 0 Å². The molecule has 0 spiro atoms. The van der Waals surface area contributed by atoms with Gasteiger partial charge in [0.15, 0.2) is 0 Å². The number of rotatable bonds is 4. The van der Waals surface area contributed by atoms with Crippen molar-refractivity contribution in [2.75, 3.05) is 19.6 Å². The number of hydrogen-bond acceptors (Lipinski definition) is 2. The zero-order valence-electron chi connectivity index (χ0n) is 8.97. The first kappa shape index (κ1) is 11.0. The molecule has 1 aliphatic rings. The molecule has 0 aromatic rings. The summed E-state index contributed by atoms with van der Waals surface area (Å²) in [5, 5.41) is 0. The molecule has 0 saturated carbocycles. The fourth-order valence-electron chi connectivity index (χ4n) is 2.13. The Labute approximate surface area is 82.5 Å². The first-order valence-electron chi connectivity index (χ1n) is 5.78. The second-order valence-electron chi connectivity index (χ2n) is 4.23. The molecule has 78 valence electrons. The lowest BCUT2D eigenvalue weighted by Gasteiger charge is -2.26. The van der Waals surface area contributed by atoms with E-state index in [9.17, 15) is 0 Å². The molecule has 1 fully saturated rings. The molecule has 1 heterocycles. The molecule has 0 bridgehead atoms. The van der Waals surface area contributed by atoms with Crippen molar-refractivity contribution in [1.82, 2.24) is 4.90 Å². The average molecular weight is 184 g/mol. The molecule has 0 aromatic carbocycles. The molecule has 1 atom stereocenters. The lowest BCUT2D eigenvalue weighted by atomic mass is 10.1. The van der Waals surface area contributed by atoms with Crippen LogP contribution in [0.5, 0.6) is 0 Å². The van der Waals surface area contributed by atoms with E-state index in [0.29, 0.717) is 0 Å². The zero-order chi connectivity index (χ0) is 9.52. The Bertz CT molecular complexity index is 125. The summed E-state index contributed by atoms with van der Waals surface area (Å²) in [7, 11) is 0. The van der Waals surface area contributed by atoms with Crippen LogP contribution in [0.3, 0.4) is 0 Å². The quantitative estimate of drug-likeness (QED) is 0.677. The summed E-state index contributed by atoms with van der Waals surface area (Å²) >= 11 is 0. The third-order valence-corrected chi connectivity index (χ3v) is 3.09. The molecule has 2 nitrogen and oxygen atoms in total. The molecule has 0 amide bonds. The Hall–Kier alpha value is -0.0800. The first-order chi connectivity index (χ1) is 6.34. The molecule has 0 aliphatic carbocycles. The maximum absolute atomic E-state index is 5.49. The molecule has 0 radical (unpaired) electrons. The number of likely N-dealkylation sites (tertiary alicyclic amines) is 1. The van der Waals surface area contributed by atoms with Gasteiger partial charge in [0.2, 0.25) is 0 Å². The van der Waals surface area contributed by atoms with Crippen molar-refractivity contribution in [3.63, 3.8) is 0 Å². The first-order valence-corrected chi connectivity index (χ1v) is 5.78. The van der Waals surface area contributed by atoms with Gasteiger partial charge >= 0.3 is 0 Å². The summed E-state index contributed by atoms with van der Waals surface area (Å²) in [5.74, 6) is 0. The molecule has 1 unspecified atom stereocenters. The minimum absolute atomic E-state index is 0.806. The van der Waals surface area contributed by atoms with Gasteiger partial charge in [-0.1, -0.05) is 12.8 Å². The summed E-state index contributed by atoms with van der Waals surface area (Å²) in [6, 6.07) is 0.806.